The summed E-state index contributed by atoms with van der Waals surface area (Å²) in [5.74, 6) is 0.292. The first-order valence-corrected chi connectivity index (χ1v) is 8.78. The molecular weight excluding hydrogens is 286 g/mol. The second kappa shape index (κ2) is 6.87. The lowest BCUT2D eigenvalue weighted by Gasteiger charge is -2.39. The molecule has 0 unspecified atom stereocenters. The van der Waals surface area contributed by atoms with Crippen LogP contribution in [0, 0.1) is 5.92 Å². The number of nitrogens with zero attached hydrogens (tertiary/aromatic N) is 2. The van der Waals surface area contributed by atoms with Gasteiger partial charge in [0.2, 0.25) is 0 Å². The van der Waals surface area contributed by atoms with Crippen LogP contribution in [0.4, 0.5) is 0 Å². The Hall–Kier alpha value is -0.950. The Morgan fingerprint density at radius 1 is 1.29 bits per heavy atom. The smallest absolute Gasteiger partial charge is 0.278 e. The van der Waals surface area contributed by atoms with Crippen molar-refractivity contribution < 1.29 is 8.42 Å². The van der Waals surface area contributed by atoms with Crippen molar-refractivity contribution in [1.29, 1.82) is 0 Å². The molecule has 0 aromatic heterocycles. The van der Waals surface area contributed by atoms with Gasteiger partial charge in [-0.1, -0.05) is 30.3 Å². The Morgan fingerprint density at radius 2 is 1.95 bits per heavy atom. The Labute approximate surface area is 128 Å². The van der Waals surface area contributed by atoms with Crippen LogP contribution < -0.4 is 4.72 Å². The van der Waals surface area contributed by atoms with Gasteiger partial charge in [-0.3, -0.25) is 4.90 Å². The number of hydrogen-bond acceptors (Lipinski definition) is 3. The minimum Gasteiger partial charge on any atom is -0.299 e. The Balaban J connectivity index is 2.12. The maximum absolute atomic E-state index is 11.9. The summed E-state index contributed by atoms with van der Waals surface area (Å²) in [7, 11) is 1.85. The minimum atomic E-state index is -3.36. The molecule has 0 bridgehead atoms. The van der Waals surface area contributed by atoms with Gasteiger partial charge in [-0.25, -0.2) is 4.72 Å². The fraction of sp³-hybridized carbons (Fsp3) is 0.600. The van der Waals surface area contributed by atoms with Gasteiger partial charge in [0.1, 0.15) is 0 Å². The van der Waals surface area contributed by atoms with Crippen molar-refractivity contribution in [1.82, 2.24) is 13.9 Å². The number of rotatable bonds is 5. The average Bonchev–Trinajstić information content (AvgIpc) is 2.46. The molecule has 1 aliphatic rings. The molecule has 1 N–H and O–H groups in total. The van der Waals surface area contributed by atoms with E-state index in [0.29, 0.717) is 12.5 Å². The summed E-state index contributed by atoms with van der Waals surface area (Å²) in [5.41, 5.74) is 1.26. The second-order valence-electron chi connectivity index (χ2n) is 5.87. The molecule has 6 heteroatoms. The highest BCUT2D eigenvalue weighted by Gasteiger charge is 2.31. The number of hydrogen-bond donors (Lipinski definition) is 1. The van der Waals surface area contributed by atoms with Crippen molar-refractivity contribution in [2.24, 2.45) is 5.92 Å². The van der Waals surface area contributed by atoms with E-state index in [1.165, 1.54) is 9.87 Å². The summed E-state index contributed by atoms with van der Waals surface area (Å²) < 4.78 is 27.7. The van der Waals surface area contributed by atoms with Crippen LogP contribution in [-0.2, 0) is 10.2 Å². The van der Waals surface area contributed by atoms with E-state index in [-0.39, 0.29) is 6.04 Å². The molecule has 1 aromatic carbocycles. The monoisotopic (exact) mass is 311 g/mol. The predicted octanol–water partition coefficient (Wildman–Crippen LogP) is 1.47. The SMILES string of the molecule is CN1CCC[C@H](CNS(=O)(=O)N(C)C)[C@H]1c1ccccc1. The van der Waals surface area contributed by atoms with Gasteiger partial charge >= 0.3 is 0 Å². The van der Waals surface area contributed by atoms with E-state index >= 15 is 0 Å². The molecule has 1 aliphatic heterocycles. The minimum absolute atomic E-state index is 0.268. The third-order valence-electron chi connectivity index (χ3n) is 4.16. The Kier molecular flexibility index (Phi) is 5.37. The van der Waals surface area contributed by atoms with E-state index in [4.69, 9.17) is 0 Å². The van der Waals surface area contributed by atoms with E-state index in [9.17, 15) is 8.42 Å². The highest BCUT2D eigenvalue weighted by Crippen LogP contribution is 2.34. The van der Waals surface area contributed by atoms with Gasteiger partial charge in [-0.05, 0) is 37.9 Å². The molecule has 0 amide bonds. The van der Waals surface area contributed by atoms with Crippen molar-refractivity contribution in [2.45, 2.75) is 18.9 Å². The number of nitrogens with one attached hydrogen (secondary N) is 1. The van der Waals surface area contributed by atoms with Crippen LogP contribution >= 0.6 is 0 Å². The summed E-state index contributed by atoms with van der Waals surface area (Å²) in [6.45, 7) is 1.53. The fourth-order valence-electron chi connectivity index (χ4n) is 2.99. The number of piperidine rings is 1. The van der Waals surface area contributed by atoms with Crippen LogP contribution in [0.25, 0.3) is 0 Å². The van der Waals surface area contributed by atoms with Gasteiger partial charge in [0.25, 0.3) is 10.2 Å². The molecule has 0 aliphatic carbocycles. The molecule has 2 atom stereocenters. The summed E-state index contributed by atoms with van der Waals surface area (Å²) in [5, 5.41) is 0. The zero-order valence-electron chi connectivity index (χ0n) is 13.0. The van der Waals surface area contributed by atoms with Gasteiger partial charge in [0.05, 0.1) is 0 Å². The summed E-state index contributed by atoms with van der Waals surface area (Å²) in [6, 6.07) is 10.6. The van der Waals surface area contributed by atoms with E-state index in [0.717, 1.165) is 19.4 Å². The quantitative estimate of drug-likeness (QED) is 0.896. The predicted molar refractivity (Wildman–Crippen MR) is 85.1 cm³/mol. The highest BCUT2D eigenvalue weighted by molar-refractivity contribution is 7.87. The number of benzene rings is 1. The molecule has 0 radical (unpaired) electrons. The first-order valence-electron chi connectivity index (χ1n) is 7.34. The van der Waals surface area contributed by atoms with Crippen molar-refractivity contribution in [3.8, 4) is 0 Å². The maximum atomic E-state index is 11.9. The van der Waals surface area contributed by atoms with E-state index in [1.807, 2.05) is 18.2 Å². The average molecular weight is 311 g/mol. The maximum Gasteiger partial charge on any atom is 0.278 e. The lowest BCUT2D eigenvalue weighted by Crippen LogP contribution is -2.44. The molecular formula is C15H25N3O2S. The highest BCUT2D eigenvalue weighted by atomic mass is 32.2. The normalized spacial score (nSPS) is 24.4. The molecule has 21 heavy (non-hydrogen) atoms. The molecule has 5 nitrogen and oxygen atoms in total. The fourth-order valence-corrected chi connectivity index (χ4v) is 3.67. The van der Waals surface area contributed by atoms with E-state index in [1.54, 1.807) is 14.1 Å². The van der Waals surface area contributed by atoms with E-state index in [2.05, 4.69) is 28.8 Å². The van der Waals surface area contributed by atoms with Gasteiger partial charge in [0.15, 0.2) is 0 Å². The van der Waals surface area contributed by atoms with Crippen LogP contribution in [0.5, 0.6) is 0 Å². The third kappa shape index (κ3) is 4.03. The molecule has 1 saturated heterocycles. The first-order chi connectivity index (χ1) is 9.92. The van der Waals surface area contributed by atoms with E-state index < -0.39 is 10.2 Å². The molecule has 2 rings (SSSR count). The van der Waals surface area contributed by atoms with Crippen LogP contribution in [0.15, 0.2) is 30.3 Å². The van der Waals surface area contributed by atoms with Crippen molar-refractivity contribution in [3.63, 3.8) is 0 Å². The largest absolute Gasteiger partial charge is 0.299 e. The Bertz CT molecular complexity index is 545. The molecule has 118 valence electrons. The van der Waals surface area contributed by atoms with Crippen LogP contribution in [-0.4, -0.2) is 51.9 Å². The number of likely N-dealkylation sites (tertiary alicyclic amines) is 1. The molecule has 0 saturated carbocycles. The zero-order valence-corrected chi connectivity index (χ0v) is 13.8. The van der Waals surface area contributed by atoms with Gasteiger partial charge in [-0.2, -0.15) is 12.7 Å². The zero-order chi connectivity index (χ0) is 15.5. The second-order valence-corrected chi connectivity index (χ2v) is 7.84. The van der Waals surface area contributed by atoms with Crippen LogP contribution in [0.3, 0.4) is 0 Å². The van der Waals surface area contributed by atoms with Crippen molar-refractivity contribution in [3.05, 3.63) is 35.9 Å². The molecule has 1 heterocycles. The van der Waals surface area contributed by atoms with Gasteiger partial charge < -0.3 is 0 Å². The van der Waals surface area contributed by atoms with Crippen LogP contribution in [0.1, 0.15) is 24.4 Å². The summed E-state index contributed by atoms with van der Waals surface area (Å²) >= 11 is 0. The van der Waals surface area contributed by atoms with Gasteiger partial charge in [-0.15, -0.1) is 0 Å². The first kappa shape index (κ1) is 16.4. The van der Waals surface area contributed by atoms with Crippen LogP contribution in [0.2, 0.25) is 0 Å². The Morgan fingerprint density at radius 3 is 2.57 bits per heavy atom. The topological polar surface area (TPSA) is 52.7 Å². The molecule has 1 fully saturated rings. The lowest BCUT2D eigenvalue weighted by atomic mass is 9.85. The van der Waals surface area contributed by atoms with Crippen molar-refractivity contribution in [2.75, 3.05) is 34.2 Å². The lowest BCUT2D eigenvalue weighted by molar-refractivity contribution is 0.123. The summed E-state index contributed by atoms with van der Waals surface area (Å²) in [6.07, 6.45) is 2.15. The summed E-state index contributed by atoms with van der Waals surface area (Å²) in [4.78, 5) is 2.33. The van der Waals surface area contributed by atoms with Crippen molar-refractivity contribution >= 4 is 10.2 Å². The molecule has 1 aromatic rings. The van der Waals surface area contributed by atoms with Gasteiger partial charge in [0, 0.05) is 26.7 Å². The standard InChI is InChI=1S/C15H25N3O2S/c1-17(2)21(19,20)16-12-14-10-7-11-18(3)15(14)13-8-5-4-6-9-13/h4-6,8-9,14-16H,7,10-12H2,1-3H3/t14-,15-/m1/s1. The third-order valence-corrected chi connectivity index (χ3v) is 5.65. The molecule has 0 spiro atoms.